The molecule has 4 aromatic rings. The van der Waals surface area contributed by atoms with Crippen LogP contribution in [0.3, 0.4) is 0 Å². The predicted octanol–water partition coefficient (Wildman–Crippen LogP) is 4.10. The predicted molar refractivity (Wildman–Crippen MR) is 129 cm³/mol. The number of fused-ring (bicyclic) bond motifs is 1. The summed E-state index contributed by atoms with van der Waals surface area (Å²) in [5.41, 5.74) is 6.26. The summed E-state index contributed by atoms with van der Waals surface area (Å²) >= 11 is 1.64. The maximum Gasteiger partial charge on any atom is 0.167 e. The third-order valence-corrected chi connectivity index (χ3v) is 6.87. The van der Waals surface area contributed by atoms with Gasteiger partial charge in [0.2, 0.25) is 0 Å². The van der Waals surface area contributed by atoms with Crippen LogP contribution in [0.25, 0.3) is 27.3 Å². The van der Waals surface area contributed by atoms with Crippen molar-refractivity contribution in [2.24, 2.45) is 9.98 Å². The molecular formula is C24H22N6OS. The number of ether oxygens (including phenoxy) is 1. The van der Waals surface area contributed by atoms with Gasteiger partial charge in [-0.15, -0.1) is 11.3 Å². The summed E-state index contributed by atoms with van der Waals surface area (Å²) < 4.78 is 7.47. The van der Waals surface area contributed by atoms with Crippen LogP contribution in [0, 0.1) is 6.92 Å². The highest BCUT2D eigenvalue weighted by Gasteiger charge is 2.23. The van der Waals surface area contributed by atoms with Gasteiger partial charge >= 0.3 is 0 Å². The lowest BCUT2D eigenvalue weighted by molar-refractivity contribution is 0.122. The highest BCUT2D eigenvalue weighted by molar-refractivity contribution is 7.17. The first-order valence-electron chi connectivity index (χ1n) is 10.7. The molecule has 2 aliphatic rings. The molecule has 0 bridgehead atoms. The Morgan fingerprint density at radius 1 is 1.06 bits per heavy atom. The van der Waals surface area contributed by atoms with Gasteiger partial charge in [-0.2, -0.15) is 5.10 Å². The Bertz CT molecular complexity index is 1350. The zero-order chi connectivity index (χ0) is 21.5. The maximum absolute atomic E-state index is 5.52. The third kappa shape index (κ3) is 3.32. The number of aryl methyl sites for hydroxylation is 1. The Morgan fingerprint density at radius 3 is 2.69 bits per heavy atom. The van der Waals surface area contributed by atoms with Crippen LogP contribution in [0.5, 0.6) is 0 Å². The van der Waals surface area contributed by atoms with Crippen molar-refractivity contribution in [2.45, 2.75) is 6.92 Å². The molecule has 5 heterocycles. The first-order valence-corrected chi connectivity index (χ1v) is 11.6. The molecular weight excluding hydrogens is 420 g/mol. The summed E-state index contributed by atoms with van der Waals surface area (Å²) in [6, 6.07) is 14.6. The van der Waals surface area contributed by atoms with Crippen molar-refractivity contribution in [3.05, 3.63) is 59.2 Å². The van der Waals surface area contributed by atoms with Gasteiger partial charge in [-0.3, -0.25) is 4.99 Å². The summed E-state index contributed by atoms with van der Waals surface area (Å²) in [6.07, 6.45) is 3.88. The van der Waals surface area contributed by atoms with Crippen LogP contribution in [-0.4, -0.2) is 59.5 Å². The zero-order valence-electron chi connectivity index (χ0n) is 17.7. The van der Waals surface area contributed by atoms with Crippen LogP contribution in [0.15, 0.2) is 58.6 Å². The zero-order valence-corrected chi connectivity index (χ0v) is 18.5. The van der Waals surface area contributed by atoms with Crippen LogP contribution in [0.4, 0.5) is 5.69 Å². The molecule has 32 heavy (non-hydrogen) atoms. The van der Waals surface area contributed by atoms with E-state index in [1.54, 1.807) is 11.3 Å². The molecule has 6 rings (SSSR count). The molecule has 0 unspecified atom stereocenters. The highest BCUT2D eigenvalue weighted by atomic mass is 32.1. The minimum absolute atomic E-state index is 0.620. The lowest BCUT2D eigenvalue weighted by Crippen LogP contribution is -2.36. The number of morpholine rings is 1. The van der Waals surface area contributed by atoms with E-state index in [4.69, 9.17) is 14.8 Å². The molecule has 1 saturated heterocycles. The number of hydrogen-bond acceptors (Lipinski definition) is 7. The summed E-state index contributed by atoms with van der Waals surface area (Å²) in [7, 11) is 0. The minimum atomic E-state index is 0.620. The second kappa shape index (κ2) is 7.96. The van der Waals surface area contributed by atoms with Crippen LogP contribution in [0.1, 0.15) is 10.6 Å². The number of aromatic nitrogens is 3. The smallest absolute Gasteiger partial charge is 0.167 e. The largest absolute Gasteiger partial charge is 0.378 e. The van der Waals surface area contributed by atoms with E-state index in [-0.39, 0.29) is 0 Å². The Hall–Kier alpha value is -3.36. The lowest BCUT2D eigenvalue weighted by Gasteiger charge is -2.28. The van der Waals surface area contributed by atoms with Crippen LogP contribution >= 0.6 is 11.3 Å². The number of thiazole rings is 1. The van der Waals surface area contributed by atoms with Gasteiger partial charge in [0, 0.05) is 36.8 Å². The summed E-state index contributed by atoms with van der Waals surface area (Å²) in [5.74, 6) is 0.760. The normalized spacial score (nSPS) is 16.2. The molecule has 0 aliphatic carbocycles. The van der Waals surface area contributed by atoms with E-state index in [1.807, 2.05) is 42.0 Å². The van der Waals surface area contributed by atoms with Crippen molar-refractivity contribution in [1.29, 1.82) is 0 Å². The van der Waals surface area contributed by atoms with Gasteiger partial charge < -0.3 is 9.64 Å². The van der Waals surface area contributed by atoms with Gasteiger partial charge in [-0.1, -0.05) is 30.3 Å². The fraction of sp³-hybridized carbons (Fsp3) is 0.250. The second-order valence-electron chi connectivity index (χ2n) is 7.81. The number of aliphatic imine (C=N–C) groups is 2. The van der Waals surface area contributed by atoms with E-state index >= 15 is 0 Å². The van der Waals surface area contributed by atoms with E-state index in [0.717, 1.165) is 70.1 Å². The SMILES string of the molecule is Cc1nn2ccc(N3CCOCC3)cc2c1-c1nc(-c2ccccc2)c(C2=NCC=N2)s1. The number of amidine groups is 1. The number of nitrogens with zero attached hydrogens (tertiary/aromatic N) is 6. The van der Waals surface area contributed by atoms with Crippen LogP contribution in [0.2, 0.25) is 0 Å². The monoisotopic (exact) mass is 442 g/mol. The standard InChI is InChI=1S/C24H22N6OS/c1-16-20(19-15-18(7-10-30(19)28-16)29-11-13-31-14-12-29)24-27-21(17-5-3-2-4-6-17)22(32-24)23-25-8-9-26-23/h2-8,10,15H,9,11-14H2,1H3. The highest BCUT2D eigenvalue weighted by Crippen LogP contribution is 2.38. The number of rotatable bonds is 4. The quantitative estimate of drug-likeness (QED) is 0.477. The molecule has 0 spiro atoms. The van der Waals surface area contributed by atoms with Crippen molar-refractivity contribution in [3.63, 3.8) is 0 Å². The average molecular weight is 443 g/mol. The van der Waals surface area contributed by atoms with Crippen molar-refractivity contribution in [1.82, 2.24) is 14.6 Å². The molecule has 8 heteroatoms. The van der Waals surface area contributed by atoms with Gasteiger partial charge in [-0.05, 0) is 19.1 Å². The molecule has 0 amide bonds. The Balaban J connectivity index is 1.51. The van der Waals surface area contributed by atoms with E-state index < -0.39 is 0 Å². The fourth-order valence-electron chi connectivity index (χ4n) is 4.23. The summed E-state index contributed by atoms with van der Waals surface area (Å²) in [4.78, 5) is 17.5. The Labute approximate surface area is 189 Å². The van der Waals surface area contributed by atoms with Crippen molar-refractivity contribution < 1.29 is 4.74 Å². The van der Waals surface area contributed by atoms with Crippen molar-refractivity contribution >= 4 is 34.6 Å². The van der Waals surface area contributed by atoms with Crippen molar-refractivity contribution in [3.8, 4) is 21.8 Å². The van der Waals surface area contributed by atoms with E-state index in [1.165, 1.54) is 5.69 Å². The summed E-state index contributed by atoms with van der Waals surface area (Å²) in [6.45, 7) is 5.98. The molecule has 0 N–H and O–H groups in total. The summed E-state index contributed by atoms with van der Waals surface area (Å²) in [5, 5.41) is 5.71. The Kier molecular flexibility index (Phi) is 4.81. The van der Waals surface area contributed by atoms with Crippen molar-refractivity contribution in [2.75, 3.05) is 37.7 Å². The molecule has 2 aliphatic heterocycles. The molecule has 160 valence electrons. The molecule has 3 aromatic heterocycles. The van der Waals surface area contributed by atoms with Gasteiger partial charge in [0.1, 0.15) is 5.01 Å². The van der Waals surface area contributed by atoms with E-state index in [2.05, 4.69) is 39.2 Å². The molecule has 7 nitrogen and oxygen atoms in total. The average Bonchev–Trinajstić information content (AvgIpc) is 3.57. The number of pyridine rings is 1. The fourth-order valence-corrected chi connectivity index (χ4v) is 5.38. The van der Waals surface area contributed by atoms with Crippen LogP contribution in [-0.2, 0) is 4.74 Å². The van der Waals surface area contributed by atoms with E-state index in [9.17, 15) is 0 Å². The number of anilines is 1. The first kappa shape index (κ1) is 19.3. The number of benzene rings is 1. The maximum atomic E-state index is 5.52. The van der Waals surface area contributed by atoms with Gasteiger partial charge in [-0.25, -0.2) is 14.5 Å². The third-order valence-electron chi connectivity index (χ3n) is 5.80. The van der Waals surface area contributed by atoms with Gasteiger partial charge in [0.25, 0.3) is 0 Å². The van der Waals surface area contributed by atoms with E-state index in [0.29, 0.717) is 6.54 Å². The molecule has 0 radical (unpaired) electrons. The number of hydrogen-bond donors (Lipinski definition) is 0. The molecule has 1 fully saturated rings. The van der Waals surface area contributed by atoms with Gasteiger partial charge in [0.05, 0.1) is 47.1 Å². The Morgan fingerprint density at radius 2 is 1.91 bits per heavy atom. The molecule has 0 atom stereocenters. The second-order valence-corrected chi connectivity index (χ2v) is 8.81. The first-order chi connectivity index (χ1) is 15.8. The van der Waals surface area contributed by atoms with Gasteiger partial charge in [0.15, 0.2) is 5.84 Å². The molecule has 1 aromatic carbocycles. The molecule has 0 saturated carbocycles. The van der Waals surface area contributed by atoms with Crippen LogP contribution < -0.4 is 4.90 Å². The lowest BCUT2D eigenvalue weighted by atomic mass is 10.1. The minimum Gasteiger partial charge on any atom is -0.378 e. The topological polar surface area (TPSA) is 67.4 Å².